The maximum atomic E-state index is 12.3. The van der Waals surface area contributed by atoms with Crippen molar-refractivity contribution < 1.29 is 9.59 Å². The van der Waals surface area contributed by atoms with Crippen LogP contribution in [0, 0.1) is 5.92 Å². The van der Waals surface area contributed by atoms with Gasteiger partial charge in [0.05, 0.1) is 11.1 Å². The van der Waals surface area contributed by atoms with Crippen LogP contribution in [-0.2, 0) is 0 Å². The number of hydrogen-bond donors (Lipinski definition) is 2. The van der Waals surface area contributed by atoms with Crippen LogP contribution in [0.3, 0.4) is 0 Å². The number of nitrogens with one attached hydrogen (secondary N) is 2. The normalized spacial score (nSPS) is 15.6. The van der Waals surface area contributed by atoms with Gasteiger partial charge in [-0.25, -0.2) is 0 Å². The SMILES string of the molecule is CC(C)CNC(=O)c1cncc(C(=O)NC2CCCCC2)c1. The van der Waals surface area contributed by atoms with Crippen molar-refractivity contribution in [1.82, 2.24) is 15.6 Å². The Kier molecular flexibility index (Phi) is 5.92. The molecule has 0 atom stereocenters. The zero-order valence-electron chi connectivity index (χ0n) is 13.4. The van der Waals surface area contributed by atoms with Gasteiger partial charge in [-0.1, -0.05) is 33.1 Å². The van der Waals surface area contributed by atoms with Gasteiger partial charge in [-0.3, -0.25) is 14.6 Å². The third kappa shape index (κ3) is 4.83. The molecule has 2 amide bonds. The summed E-state index contributed by atoms with van der Waals surface area (Å²) < 4.78 is 0. The predicted octanol–water partition coefficient (Wildman–Crippen LogP) is 2.53. The molecule has 1 aliphatic rings. The van der Waals surface area contributed by atoms with E-state index in [4.69, 9.17) is 0 Å². The van der Waals surface area contributed by atoms with E-state index in [1.807, 2.05) is 13.8 Å². The number of rotatable bonds is 5. The van der Waals surface area contributed by atoms with Crippen LogP contribution in [0.1, 0.15) is 66.7 Å². The first-order chi connectivity index (χ1) is 10.6. The average molecular weight is 303 g/mol. The number of carbonyl (C=O) groups excluding carboxylic acids is 2. The summed E-state index contributed by atoms with van der Waals surface area (Å²) in [5.41, 5.74) is 0.875. The van der Waals surface area contributed by atoms with Gasteiger partial charge in [-0.05, 0) is 24.8 Å². The van der Waals surface area contributed by atoms with E-state index in [-0.39, 0.29) is 17.9 Å². The van der Waals surface area contributed by atoms with E-state index >= 15 is 0 Å². The first kappa shape index (κ1) is 16.5. The van der Waals surface area contributed by atoms with Crippen molar-refractivity contribution in [3.63, 3.8) is 0 Å². The highest BCUT2D eigenvalue weighted by atomic mass is 16.2. The Morgan fingerprint density at radius 2 is 1.77 bits per heavy atom. The molecule has 1 fully saturated rings. The highest BCUT2D eigenvalue weighted by Gasteiger charge is 2.17. The van der Waals surface area contributed by atoms with Gasteiger partial charge in [0, 0.05) is 25.0 Å². The van der Waals surface area contributed by atoms with Gasteiger partial charge < -0.3 is 10.6 Å². The summed E-state index contributed by atoms with van der Waals surface area (Å²) >= 11 is 0. The number of carbonyl (C=O) groups is 2. The zero-order chi connectivity index (χ0) is 15.9. The van der Waals surface area contributed by atoms with Crippen LogP contribution in [0.2, 0.25) is 0 Å². The van der Waals surface area contributed by atoms with Gasteiger partial charge in [0.2, 0.25) is 0 Å². The maximum Gasteiger partial charge on any atom is 0.253 e. The summed E-state index contributed by atoms with van der Waals surface area (Å²) in [6.07, 6.45) is 8.66. The van der Waals surface area contributed by atoms with Gasteiger partial charge in [-0.2, -0.15) is 0 Å². The molecule has 1 aromatic rings. The lowest BCUT2D eigenvalue weighted by Gasteiger charge is -2.22. The predicted molar refractivity (Wildman–Crippen MR) is 85.7 cm³/mol. The van der Waals surface area contributed by atoms with E-state index in [1.54, 1.807) is 6.07 Å². The smallest absolute Gasteiger partial charge is 0.253 e. The molecule has 0 bridgehead atoms. The van der Waals surface area contributed by atoms with Crippen LogP contribution in [0.4, 0.5) is 0 Å². The minimum atomic E-state index is -0.187. The molecule has 2 rings (SSSR count). The van der Waals surface area contributed by atoms with Crippen LogP contribution >= 0.6 is 0 Å². The van der Waals surface area contributed by atoms with Gasteiger partial charge in [0.25, 0.3) is 11.8 Å². The molecule has 1 aliphatic carbocycles. The highest BCUT2D eigenvalue weighted by Crippen LogP contribution is 2.17. The molecule has 0 spiro atoms. The molecule has 2 N–H and O–H groups in total. The fraction of sp³-hybridized carbons (Fsp3) is 0.588. The third-order valence-electron chi connectivity index (χ3n) is 3.87. The molecular formula is C17H25N3O2. The van der Waals surface area contributed by atoms with Crippen LogP contribution in [0.5, 0.6) is 0 Å². The summed E-state index contributed by atoms with van der Waals surface area (Å²) in [6.45, 7) is 4.68. The van der Waals surface area contributed by atoms with E-state index in [2.05, 4.69) is 15.6 Å². The Hall–Kier alpha value is -1.91. The maximum absolute atomic E-state index is 12.3. The highest BCUT2D eigenvalue weighted by molar-refractivity contribution is 5.99. The average Bonchev–Trinajstić information content (AvgIpc) is 2.53. The van der Waals surface area contributed by atoms with Gasteiger partial charge in [0.15, 0.2) is 0 Å². The van der Waals surface area contributed by atoms with Crippen molar-refractivity contribution in [3.05, 3.63) is 29.6 Å². The van der Waals surface area contributed by atoms with Crippen LogP contribution in [0.25, 0.3) is 0 Å². The largest absolute Gasteiger partial charge is 0.352 e. The fourth-order valence-corrected chi connectivity index (χ4v) is 2.60. The number of aromatic nitrogens is 1. The third-order valence-corrected chi connectivity index (χ3v) is 3.87. The second-order valence-electron chi connectivity index (χ2n) is 6.37. The standard InChI is InChI=1S/C17H25N3O2/c1-12(2)9-19-16(21)13-8-14(11-18-10-13)17(22)20-15-6-4-3-5-7-15/h8,10-12,15H,3-7,9H2,1-2H3,(H,19,21)(H,20,22). The van der Waals surface area contributed by atoms with Gasteiger partial charge >= 0.3 is 0 Å². The molecule has 0 radical (unpaired) electrons. The fourth-order valence-electron chi connectivity index (χ4n) is 2.60. The van der Waals surface area contributed by atoms with Gasteiger partial charge in [-0.15, -0.1) is 0 Å². The Labute approximate surface area is 131 Å². The van der Waals surface area contributed by atoms with Crippen molar-refractivity contribution in [2.75, 3.05) is 6.54 Å². The summed E-state index contributed by atoms with van der Waals surface area (Å²) in [5.74, 6) is 0.0566. The molecule has 5 nitrogen and oxygen atoms in total. The molecule has 0 unspecified atom stereocenters. The summed E-state index contributed by atoms with van der Waals surface area (Å²) in [6, 6.07) is 1.86. The van der Waals surface area contributed by atoms with Crippen molar-refractivity contribution in [2.45, 2.75) is 52.0 Å². The van der Waals surface area contributed by atoms with E-state index in [0.29, 0.717) is 23.6 Å². The molecule has 0 aromatic carbocycles. The quantitative estimate of drug-likeness (QED) is 0.878. The molecule has 5 heteroatoms. The van der Waals surface area contributed by atoms with E-state index < -0.39 is 0 Å². The van der Waals surface area contributed by atoms with Gasteiger partial charge in [0.1, 0.15) is 0 Å². The number of amides is 2. The van der Waals surface area contributed by atoms with Crippen molar-refractivity contribution in [3.8, 4) is 0 Å². The Balaban J connectivity index is 1.97. The molecule has 1 heterocycles. The van der Waals surface area contributed by atoms with Crippen molar-refractivity contribution >= 4 is 11.8 Å². The minimum Gasteiger partial charge on any atom is -0.352 e. The molecule has 0 aliphatic heterocycles. The lowest BCUT2D eigenvalue weighted by molar-refractivity contribution is 0.0927. The lowest BCUT2D eigenvalue weighted by atomic mass is 9.95. The molecule has 1 saturated carbocycles. The second kappa shape index (κ2) is 7.92. The number of hydrogen-bond acceptors (Lipinski definition) is 3. The van der Waals surface area contributed by atoms with Crippen molar-refractivity contribution in [2.24, 2.45) is 5.92 Å². The molecule has 0 saturated heterocycles. The molecule has 120 valence electrons. The number of nitrogens with zero attached hydrogens (tertiary/aromatic N) is 1. The Morgan fingerprint density at radius 1 is 1.14 bits per heavy atom. The zero-order valence-corrected chi connectivity index (χ0v) is 13.4. The topological polar surface area (TPSA) is 71.1 Å². The van der Waals surface area contributed by atoms with Crippen LogP contribution < -0.4 is 10.6 Å². The summed E-state index contributed by atoms with van der Waals surface area (Å²) in [5, 5.41) is 5.88. The van der Waals surface area contributed by atoms with E-state index in [9.17, 15) is 9.59 Å². The monoisotopic (exact) mass is 303 g/mol. The second-order valence-corrected chi connectivity index (χ2v) is 6.37. The molecular weight excluding hydrogens is 278 g/mol. The molecule has 22 heavy (non-hydrogen) atoms. The number of pyridine rings is 1. The van der Waals surface area contributed by atoms with Crippen LogP contribution in [-0.4, -0.2) is 29.4 Å². The first-order valence-corrected chi connectivity index (χ1v) is 8.10. The molecule has 1 aromatic heterocycles. The Morgan fingerprint density at radius 3 is 2.41 bits per heavy atom. The van der Waals surface area contributed by atoms with Crippen molar-refractivity contribution in [1.29, 1.82) is 0 Å². The van der Waals surface area contributed by atoms with E-state index in [0.717, 1.165) is 12.8 Å². The first-order valence-electron chi connectivity index (χ1n) is 8.10. The summed E-state index contributed by atoms with van der Waals surface area (Å²) in [7, 11) is 0. The minimum absolute atomic E-state index is 0.141. The lowest BCUT2D eigenvalue weighted by Crippen LogP contribution is -2.36. The van der Waals surface area contributed by atoms with Crippen LogP contribution in [0.15, 0.2) is 18.5 Å². The van der Waals surface area contributed by atoms with E-state index in [1.165, 1.54) is 31.7 Å². The Bertz CT molecular complexity index is 522. The summed E-state index contributed by atoms with van der Waals surface area (Å²) in [4.78, 5) is 28.3.